The van der Waals surface area contributed by atoms with Gasteiger partial charge in [0.05, 0.1) is 4.47 Å². The Kier molecular flexibility index (Phi) is 4.45. The average molecular weight is 345 g/mol. The van der Waals surface area contributed by atoms with Crippen LogP contribution in [0.3, 0.4) is 0 Å². The molecule has 19 heavy (non-hydrogen) atoms. The highest BCUT2D eigenvalue weighted by Gasteiger charge is 2.10. The van der Waals surface area contributed by atoms with Gasteiger partial charge in [-0.25, -0.2) is 4.39 Å². The topological polar surface area (TPSA) is 35.2 Å². The fourth-order valence-corrected chi connectivity index (χ4v) is 2.32. The molecular weight excluding hydrogens is 333 g/mol. The Hall–Kier alpha value is -1.10. The minimum atomic E-state index is -0.448. The Labute approximate surface area is 124 Å². The van der Waals surface area contributed by atoms with Gasteiger partial charge in [0.25, 0.3) is 0 Å². The summed E-state index contributed by atoms with van der Waals surface area (Å²) in [5, 5.41) is 0.576. The van der Waals surface area contributed by atoms with E-state index in [9.17, 15) is 4.39 Å². The molecule has 2 aromatic carbocycles. The third kappa shape index (κ3) is 3.47. The van der Waals surface area contributed by atoms with Gasteiger partial charge in [0.15, 0.2) is 11.6 Å². The van der Waals surface area contributed by atoms with Crippen molar-refractivity contribution < 1.29 is 9.13 Å². The van der Waals surface area contributed by atoms with Crippen LogP contribution in [-0.2, 0) is 0 Å². The van der Waals surface area contributed by atoms with Gasteiger partial charge in [-0.15, -0.1) is 0 Å². The SMILES string of the molecule is CC(N)c1ccc(Oc2ccc(Cl)cc2Br)c(F)c1. The van der Waals surface area contributed by atoms with Crippen LogP contribution in [0.1, 0.15) is 18.5 Å². The second kappa shape index (κ2) is 5.90. The minimum Gasteiger partial charge on any atom is -0.453 e. The van der Waals surface area contributed by atoms with E-state index in [0.29, 0.717) is 15.2 Å². The molecule has 0 radical (unpaired) electrons. The van der Waals surface area contributed by atoms with Crippen LogP contribution in [0.15, 0.2) is 40.9 Å². The smallest absolute Gasteiger partial charge is 0.166 e. The molecule has 0 aliphatic carbocycles. The van der Waals surface area contributed by atoms with Gasteiger partial charge in [-0.2, -0.15) is 0 Å². The van der Waals surface area contributed by atoms with Crippen molar-refractivity contribution in [1.82, 2.24) is 0 Å². The van der Waals surface area contributed by atoms with E-state index in [0.717, 1.165) is 5.56 Å². The first-order chi connectivity index (χ1) is 8.97. The summed E-state index contributed by atoms with van der Waals surface area (Å²) in [4.78, 5) is 0. The number of nitrogens with two attached hydrogens (primary N) is 1. The lowest BCUT2D eigenvalue weighted by atomic mass is 10.1. The molecule has 0 fully saturated rings. The molecule has 2 rings (SSSR count). The van der Waals surface area contributed by atoms with Crippen LogP contribution in [0, 0.1) is 5.82 Å². The van der Waals surface area contributed by atoms with Gasteiger partial charge in [0, 0.05) is 11.1 Å². The summed E-state index contributed by atoms with van der Waals surface area (Å²) >= 11 is 9.15. The molecular formula is C14H12BrClFNO. The van der Waals surface area contributed by atoms with Crippen LogP contribution in [0.2, 0.25) is 5.02 Å². The standard InChI is InChI=1S/C14H12BrClFNO/c1-8(18)9-2-4-14(12(17)6-9)19-13-5-3-10(16)7-11(13)15/h2-8H,18H2,1H3. The molecule has 0 spiro atoms. The Morgan fingerprint density at radius 1 is 1.21 bits per heavy atom. The van der Waals surface area contributed by atoms with Crippen molar-refractivity contribution in [2.75, 3.05) is 0 Å². The number of hydrogen-bond acceptors (Lipinski definition) is 2. The first-order valence-electron chi connectivity index (χ1n) is 5.65. The maximum Gasteiger partial charge on any atom is 0.166 e. The second-order valence-corrected chi connectivity index (χ2v) is 5.45. The summed E-state index contributed by atoms with van der Waals surface area (Å²) < 4.78 is 20.1. The zero-order valence-corrected chi connectivity index (χ0v) is 12.5. The molecule has 2 nitrogen and oxygen atoms in total. The maximum atomic E-state index is 13.9. The number of benzene rings is 2. The first kappa shape index (κ1) is 14.3. The number of hydrogen-bond donors (Lipinski definition) is 1. The molecule has 0 aliphatic rings. The third-order valence-corrected chi connectivity index (χ3v) is 3.45. The third-order valence-electron chi connectivity index (χ3n) is 2.60. The van der Waals surface area contributed by atoms with E-state index in [2.05, 4.69) is 15.9 Å². The quantitative estimate of drug-likeness (QED) is 0.845. The monoisotopic (exact) mass is 343 g/mol. The summed E-state index contributed by atoms with van der Waals surface area (Å²) in [5.74, 6) is 0.195. The van der Waals surface area contributed by atoms with Crippen molar-refractivity contribution in [3.63, 3.8) is 0 Å². The predicted molar refractivity (Wildman–Crippen MR) is 78.2 cm³/mol. The molecule has 5 heteroatoms. The molecule has 0 aliphatic heterocycles. The molecule has 2 aromatic rings. The van der Waals surface area contributed by atoms with Crippen molar-refractivity contribution >= 4 is 27.5 Å². The van der Waals surface area contributed by atoms with Crippen LogP contribution in [0.25, 0.3) is 0 Å². The molecule has 1 unspecified atom stereocenters. The Balaban J connectivity index is 2.28. The van der Waals surface area contributed by atoms with E-state index in [1.165, 1.54) is 6.07 Å². The summed E-state index contributed by atoms with van der Waals surface area (Å²) in [5.41, 5.74) is 6.42. The van der Waals surface area contributed by atoms with Crippen molar-refractivity contribution in [3.8, 4) is 11.5 Å². The number of ether oxygens (including phenoxy) is 1. The van der Waals surface area contributed by atoms with Gasteiger partial charge >= 0.3 is 0 Å². The number of rotatable bonds is 3. The molecule has 0 bridgehead atoms. The average Bonchev–Trinajstić information content (AvgIpc) is 2.34. The van der Waals surface area contributed by atoms with Crippen molar-refractivity contribution in [2.45, 2.75) is 13.0 Å². The van der Waals surface area contributed by atoms with E-state index in [1.807, 2.05) is 0 Å². The lowest BCUT2D eigenvalue weighted by Gasteiger charge is -2.11. The summed E-state index contributed by atoms with van der Waals surface area (Å²) in [7, 11) is 0. The van der Waals surface area contributed by atoms with Gasteiger partial charge in [-0.05, 0) is 58.7 Å². The molecule has 0 heterocycles. The van der Waals surface area contributed by atoms with E-state index in [-0.39, 0.29) is 11.8 Å². The lowest BCUT2D eigenvalue weighted by molar-refractivity contribution is 0.439. The molecule has 1 atom stereocenters. The summed E-state index contributed by atoms with van der Waals surface area (Å²) in [6, 6.07) is 9.50. The van der Waals surface area contributed by atoms with Gasteiger partial charge in [-0.3, -0.25) is 0 Å². The molecule has 0 saturated heterocycles. The van der Waals surface area contributed by atoms with Gasteiger partial charge in [-0.1, -0.05) is 17.7 Å². The van der Waals surface area contributed by atoms with E-state index < -0.39 is 5.82 Å². The van der Waals surface area contributed by atoms with Gasteiger partial charge in [0.2, 0.25) is 0 Å². The second-order valence-electron chi connectivity index (χ2n) is 4.16. The maximum absolute atomic E-state index is 13.9. The highest BCUT2D eigenvalue weighted by molar-refractivity contribution is 9.10. The van der Waals surface area contributed by atoms with Crippen LogP contribution in [0.5, 0.6) is 11.5 Å². The Morgan fingerprint density at radius 2 is 1.89 bits per heavy atom. The van der Waals surface area contributed by atoms with Crippen LogP contribution in [-0.4, -0.2) is 0 Å². The molecule has 0 aromatic heterocycles. The Bertz CT molecular complexity index is 604. The lowest BCUT2D eigenvalue weighted by Crippen LogP contribution is -2.05. The normalized spacial score (nSPS) is 12.3. The zero-order valence-electron chi connectivity index (χ0n) is 10.2. The van der Waals surface area contributed by atoms with E-state index in [1.54, 1.807) is 37.3 Å². The molecule has 0 saturated carbocycles. The largest absolute Gasteiger partial charge is 0.453 e. The first-order valence-corrected chi connectivity index (χ1v) is 6.82. The van der Waals surface area contributed by atoms with Gasteiger partial charge in [0.1, 0.15) is 5.75 Å². The highest BCUT2D eigenvalue weighted by atomic mass is 79.9. The van der Waals surface area contributed by atoms with Crippen LogP contribution < -0.4 is 10.5 Å². The molecule has 0 amide bonds. The zero-order chi connectivity index (χ0) is 14.0. The minimum absolute atomic E-state index is 0.146. The summed E-state index contributed by atoms with van der Waals surface area (Å²) in [6.45, 7) is 1.80. The highest BCUT2D eigenvalue weighted by Crippen LogP contribution is 2.33. The Morgan fingerprint density at radius 3 is 2.47 bits per heavy atom. The molecule has 100 valence electrons. The van der Waals surface area contributed by atoms with Crippen molar-refractivity contribution in [3.05, 3.63) is 57.3 Å². The fraction of sp³-hybridized carbons (Fsp3) is 0.143. The van der Waals surface area contributed by atoms with Crippen LogP contribution >= 0.6 is 27.5 Å². The fourth-order valence-electron chi connectivity index (χ4n) is 1.56. The summed E-state index contributed by atoms with van der Waals surface area (Å²) in [6.07, 6.45) is 0. The predicted octanol–water partition coefficient (Wildman–Crippen LogP) is 5.05. The van der Waals surface area contributed by atoms with E-state index >= 15 is 0 Å². The van der Waals surface area contributed by atoms with Crippen molar-refractivity contribution in [1.29, 1.82) is 0 Å². The van der Waals surface area contributed by atoms with Crippen molar-refractivity contribution in [2.24, 2.45) is 5.73 Å². The van der Waals surface area contributed by atoms with Gasteiger partial charge < -0.3 is 10.5 Å². The van der Waals surface area contributed by atoms with Crippen LogP contribution in [0.4, 0.5) is 4.39 Å². The number of halogens is 3. The molecule has 2 N–H and O–H groups in total. The van der Waals surface area contributed by atoms with E-state index in [4.69, 9.17) is 22.1 Å².